The SMILES string of the molecule is COc1cc(/C=C2\N=C(c3cc(I)ccc3Cl)OC2=O)cc(Cl)c1OC(=O)c1ccccc1. The van der Waals surface area contributed by atoms with Crippen molar-refractivity contribution in [3.05, 3.63) is 96.7 Å². The first-order valence-electron chi connectivity index (χ1n) is 9.48. The van der Waals surface area contributed by atoms with Crippen LogP contribution >= 0.6 is 45.8 Å². The Balaban J connectivity index is 1.65. The van der Waals surface area contributed by atoms with Gasteiger partial charge in [-0.1, -0.05) is 41.4 Å². The molecule has 4 rings (SSSR count). The first-order chi connectivity index (χ1) is 15.9. The number of carbonyl (C=O) groups excluding carboxylic acids is 2. The van der Waals surface area contributed by atoms with Gasteiger partial charge in [-0.2, -0.15) is 0 Å². The Morgan fingerprint density at radius 1 is 1.06 bits per heavy atom. The molecule has 0 aliphatic carbocycles. The molecule has 0 bridgehead atoms. The molecule has 6 nitrogen and oxygen atoms in total. The maximum atomic E-state index is 12.4. The van der Waals surface area contributed by atoms with Gasteiger partial charge in [0.2, 0.25) is 5.90 Å². The fourth-order valence-corrected chi connectivity index (χ4v) is 3.94. The summed E-state index contributed by atoms with van der Waals surface area (Å²) in [6, 6.07) is 16.9. The summed E-state index contributed by atoms with van der Waals surface area (Å²) in [7, 11) is 1.42. The summed E-state index contributed by atoms with van der Waals surface area (Å²) in [6.45, 7) is 0. The summed E-state index contributed by atoms with van der Waals surface area (Å²) in [6.07, 6.45) is 1.49. The van der Waals surface area contributed by atoms with Crippen molar-refractivity contribution in [2.24, 2.45) is 4.99 Å². The monoisotopic (exact) mass is 593 g/mol. The molecule has 0 radical (unpaired) electrons. The van der Waals surface area contributed by atoms with Crippen LogP contribution in [-0.4, -0.2) is 24.9 Å². The van der Waals surface area contributed by atoms with Crippen molar-refractivity contribution < 1.29 is 23.8 Å². The van der Waals surface area contributed by atoms with Crippen LogP contribution in [0.3, 0.4) is 0 Å². The van der Waals surface area contributed by atoms with Crippen molar-refractivity contribution in [2.75, 3.05) is 7.11 Å². The lowest BCUT2D eigenvalue weighted by Gasteiger charge is -2.12. The van der Waals surface area contributed by atoms with E-state index >= 15 is 0 Å². The van der Waals surface area contributed by atoms with E-state index in [2.05, 4.69) is 27.6 Å². The summed E-state index contributed by atoms with van der Waals surface area (Å²) < 4.78 is 17.0. The Morgan fingerprint density at radius 2 is 1.82 bits per heavy atom. The highest BCUT2D eigenvalue weighted by atomic mass is 127. The average Bonchev–Trinajstić information content (AvgIpc) is 3.17. The van der Waals surface area contributed by atoms with Gasteiger partial charge in [-0.15, -0.1) is 0 Å². The fourth-order valence-electron chi connectivity index (χ4n) is 2.99. The quantitative estimate of drug-likeness (QED) is 0.153. The van der Waals surface area contributed by atoms with E-state index in [1.54, 1.807) is 48.5 Å². The molecule has 33 heavy (non-hydrogen) atoms. The van der Waals surface area contributed by atoms with Gasteiger partial charge in [0, 0.05) is 3.57 Å². The lowest BCUT2D eigenvalue weighted by atomic mass is 10.1. The molecule has 0 saturated carbocycles. The first kappa shape index (κ1) is 23.3. The van der Waals surface area contributed by atoms with Gasteiger partial charge in [0.05, 0.1) is 28.3 Å². The van der Waals surface area contributed by atoms with Gasteiger partial charge in [0.25, 0.3) is 0 Å². The van der Waals surface area contributed by atoms with Gasteiger partial charge in [-0.25, -0.2) is 14.6 Å². The van der Waals surface area contributed by atoms with E-state index in [-0.39, 0.29) is 28.1 Å². The summed E-state index contributed by atoms with van der Waals surface area (Å²) in [4.78, 5) is 29.1. The molecular weight excluding hydrogens is 580 g/mol. The van der Waals surface area contributed by atoms with Crippen molar-refractivity contribution in [1.82, 2.24) is 0 Å². The van der Waals surface area contributed by atoms with Crippen LogP contribution in [0.5, 0.6) is 11.5 Å². The number of methoxy groups -OCH3 is 1. The zero-order valence-electron chi connectivity index (χ0n) is 17.0. The van der Waals surface area contributed by atoms with Gasteiger partial charge < -0.3 is 14.2 Å². The lowest BCUT2D eigenvalue weighted by Crippen LogP contribution is -2.09. The molecule has 166 valence electrons. The normalized spacial score (nSPS) is 14.1. The van der Waals surface area contributed by atoms with Gasteiger partial charge in [-0.3, -0.25) is 0 Å². The molecule has 0 amide bonds. The number of hydrogen-bond donors (Lipinski definition) is 0. The van der Waals surface area contributed by atoms with E-state index in [1.807, 2.05) is 6.07 Å². The number of benzene rings is 3. The maximum absolute atomic E-state index is 12.4. The standard InChI is InChI=1S/C24H14Cl2INO5/c1-31-20-11-13(9-18(26)21(20)32-23(29)14-5-3-2-4-6-14)10-19-24(30)33-22(28-19)16-12-15(27)7-8-17(16)25/h2-12H,1H3/b19-10-. The Morgan fingerprint density at radius 3 is 2.55 bits per heavy atom. The van der Waals surface area contributed by atoms with Crippen molar-refractivity contribution in [3.63, 3.8) is 0 Å². The second kappa shape index (κ2) is 9.94. The summed E-state index contributed by atoms with van der Waals surface area (Å²) >= 11 is 14.7. The molecule has 9 heteroatoms. The number of halogens is 3. The summed E-state index contributed by atoms with van der Waals surface area (Å²) in [5.74, 6) is -0.811. The van der Waals surface area contributed by atoms with E-state index in [0.717, 1.165) is 3.57 Å². The number of ether oxygens (including phenoxy) is 3. The minimum Gasteiger partial charge on any atom is -0.493 e. The topological polar surface area (TPSA) is 74.2 Å². The highest BCUT2D eigenvalue weighted by Gasteiger charge is 2.26. The summed E-state index contributed by atoms with van der Waals surface area (Å²) in [5, 5.41) is 0.541. The third-order valence-corrected chi connectivity index (χ3v) is 5.82. The molecule has 1 heterocycles. The number of carbonyl (C=O) groups is 2. The molecule has 0 N–H and O–H groups in total. The van der Waals surface area contributed by atoms with E-state index < -0.39 is 11.9 Å². The summed E-state index contributed by atoms with van der Waals surface area (Å²) in [5.41, 5.74) is 1.44. The zero-order chi connectivity index (χ0) is 23.5. The molecule has 0 aromatic heterocycles. The highest BCUT2D eigenvalue weighted by Crippen LogP contribution is 2.38. The number of hydrogen-bond acceptors (Lipinski definition) is 6. The van der Waals surface area contributed by atoms with Gasteiger partial charge in [0.15, 0.2) is 17.2 Å². The molecule has 1 aliphatic rings. The minimum absolute atomic E-state index is 0.0621. The van der Waals surface area contributed by atoms with Gasteiger partial charge in [-0.05, 0) is 76.7 Å². The third kappa shape index (κ3) is 5.21. The second-order valence-corrected chi connectivity index (χ2v) is 8.81. The molecule has 3 aromatic rings. The largest absolute Gasteiger partial charge is 0.493 e. The van der Waals surface area contributed by atoms with Crippen LogP contribution in [0.1, 0.15) is 21.5 Å². The van der Waals surface area contributed by atoms with Crippen LogP contribution in [0.2, 0.25) is 10.0 Å². The number of rotatable bonds is 5. The lowest BCUT2D eigenvalue weighted by molar-refractivity contribution is -0.129. The molecule has 3 aromatic carbocycles. The fraction of sp³-hybridized carbons (Fsp3) is 0.0417. The minimum atomic E-state index is -0.630. The van der Waals surface area contributed by atoms with Crippen LogP contribution in [0.25, 0.3) is 6.08 Å². The molecule has 0 spiro atoms. The zero-order valence-corrected chi connectivity index (χ0v) is 20.6. The van der Waals surface area contributed by atoms with E-state index in [0.29, 0.717) is 21.7 Å². The van der Waals surface area contributed by atoms with Crippen LogP contribution in [0.15, 0.2) is 71.4 Å². The van der Waals surface area contributed by atoms with Crippen LogP contribution < -0.4 is 9.47 Å². The molecule has 1 aliphatic heterocycles. The van der Waals surface area contributed by atoms with Crippen LogP contribution in [-0.2, 0) is 9.53 Å². The Kier molecular flexibility index (Phi) is 7.02. The third-order valence-electron chi connectivity index (χ3n) is 4.54. The number of cyclic esters (lactones) is 1. The molecule has 0 unspecified atom stereocenters. The highest BCUT2D eigenvalue weighted by molar-refractivity contribution is 14.1. The molecule has 0 saturated heterocycles. The van der Waals surface area contributed by atoms with Crippen LogP contribution in [0, 0.1) is 3.57 Å². The predicted molar refractivity (Wildman–Crippen MR) is 134 cm³/mol. The van der Waals surface area contributed by atoms with Crippen molar-refractivity contribution >= 4 is 69.7 Å². The van der Waals surface area contributed by atoms with Gasteiger partial charge >= 0.3 is 11.9 Å². The number of aliphatic imine (C=N–C) groups is 1. The van der Waals surface area contributed by atoms with E-state index in [9.17, 15) is 9.59 Å². The first-order valence-corrected chi connectivity index (χ1v) is 11.3. The molecule has 0 fully saturated rings. The van der Waals surface area contributed by atoms with E-state index in [4.69, 9.17) is 37.4 Å². The second-order valence-electron chi connectivity index (χ2n) is 6.75. The van der Waals surface area contributed by atoms with Crippen molar-refractivity contribution in [3.8, 4) is 11.5 Å². The smallest absolute Gasteiger partial charge is 0.363 e. The predicted octanol–water partition coefficient (Wildman–Crippen LogP) is 6.17. The van der Waals surface area contributed by atoms with Crippen LogP contribution in [0.4, 0.5) is 0 Å². The Bertz CT molecular complexity index is 1320. The number of nitrogens with zero attached hydrogens (tertiary/aromatic N) is 1. The average molecular weight is 594 g/mol. The van der Waals surface area contributed by atoms with Gasteiger partial charge in [0.1, 0.15) is 0 Å². The number of esters is 2. The maximum Gasteiger partial charge on any atom is 0.363 e. The van der Waals surface area contributed by atoms with Crippen molar-refractivity contribution in [1.29, 1.82) is 0 Å². The van der Waals surface area contributed by atoms with E-state index in [1.165, 1.54) is 19.3 Å². The Labute approximate surface area is 212 Å². The molecular formula is C24H14Cl2INO5. The Hall–Kier alpha value is -2.88. The van der Waals surface area contributed by atoms with Crippen molar-refractivity contribution in [2.45, 2.75) is 0 Å². The molecule has 0 atom stereocenters.